The predicted molar refractivity (Wildman–Crippen MR) is 73.6 cm³/mol. The number of thioether (sulfide) groups is 1. The van der Waals surface area contributed by atoms with Crippen molar-refractivity contribution in [2.24, 2.45) is 4.99 Å². The van der Waals surface area contributed by atoms with Gasteiger partial charge in [0.1, 0.15) is 0 Å². The molecule has 1 saturated heterocycles. The fraction of sp³-hybridized carbons (Fsp3) is 0.667. The van der Waals surface area contributed by atoms with Crippen molar-refractivity contribution in [3.8, 4) is 0 Å². The number of aliphatic imine (C=N–C) groups is 1. The van der Waals surface area contributed by atoms with Crippen LogP contribution in [-0.4, -0.2) is 69.2 Å². The molecule has 3 heterocycles. The summed E-state index contributed by atoms with van der Waals surface area (Å²) in [6, 6.07) is -0.634. The number of imide groups is 1. The van der Waals surface area contributed by atoms with Gasteiger partial charge in [-0.3, -0.25) is 14.6 Å². The molecule has 0 spiro atoms. The molecule has 0 bridgehead atoms. The highest BCUT2D eigenvalue weighted by molar-refractivity contribution is 8.13. The number of nitrogens with zero attached hydrogens (tertiary/aromatic N) is 4. The van der Waals surface area contributed by atoms with Crippen molar-refractivity contribution >= 4 is 34.7 Å². The zero-order valence-corrected chi connectivity index (χ0v) is 11.9. The first-order valence-corrected chi connectivity index (χ1v) is 7.57. The summed E-state index contributed by atoms with van der Waals surface area (Å²) in [5.41, 5.74) is 0. The van der Waals surface area contributed by atoms with Crippen molar-refractivity contribution < 1.29 is 14.2 Å². The van der Waals surface area contributed by atoms with Crippen LogP contribution < -0.4 is 0 Å². The third-order valence-electron chi connectivity index (χ3n) is 3.67. The number of carbonyl (C=O) groups is 2. The number of hydrogen-bond donors (Lipinski definition) is 0. The Kier molecular flexibility index (Phi) is 3.08. The van der Waals surface area contributed by atoms with Crippen LogP contribution in [0.4, 0.5) is 4.79 Å². The van der Waals surface area contributed by atoms with E-state index in [1.165, 1.54) is 9.80 Å². The minimum Gasteiger partial charge on any atom is -0.269 e. The molecule has 0 radical (unpaired) electrons. The van der Waals surface area contributed by atoms with E-state index >= 15 is 0 Å². The first-order valence-electron chi connectivity index (χ1n) is 6.59. The normalized spacial score (nSPS) is 26.0. The van der Waals surface area contributed by atoms with Crippen LogP contribution in [0.15, 0.2) is 4.99 Å². The molecule has 0 aromatic heterocycles. The number of amidine groups is 2. The number of urea groups is 1. The second-order valence-corrected chi connectivity index (χ2v) is 5.94. The van der Waals surface area contributed by atoms with Crippen LogP contribution in [0, 0.1) is 0 Å². The molecule has 1 fully saturated rings. The molecule has 0 aromatic rings. The Balaban J connectivity index is 1.92. The summed E-state index contributed by atoms with van der Waals surface area (Å²) in [5, 5.41) is 0.880. The highest BCUT2D eigenvalue weighted by atomic mass is 32.2. The zero-order chi connectivity index (χ0) is 13.6. The molecule has 0 aliphatic carbocycles. The number of likely N-dealkylation sites (N-methyl/N-ethyl adjacent to an activating group) is 1. The smallest absolute Gasteiger partial charge is 0.269 e. The second-order valence-electron chi connectivity index (χ2n) is 4.88. The number of unbranched alkanes of at least 4 members (excludes halogenated alkanes) is 1. The van der Waals surface area contributed by atoms with Crippen molar-refractivity contribution in [2.45, 2.75) is 25.8 Å². The van der Waals surface area contributed by atoms with Crippen LogP contribution in [0.1, 0.15) is 19.8 Å². The first-order chi connectivity index (χ1) is 9.15. The standard InChI is InChI=1S/C12H17N4O2S/c1-3-4-5-16-10(17)8-9(14(2)12(16)18)13-11-15(8)6-7-19-11/h8H,3-7H2,1-2H3/q+1. The monoisotopic (exact) mass is 281 g/mol. The van der Waals surface area contributed by atoms with Crippen LogP contribution in [0.5, 0.6) is 0 Å². The minimum absolute atomic E-state index is 0.118. The second kappa shape index (κ2) is 4.63. The van der Waals surface area contributed by atoms with E-state index in [2.05, 4.69) is 4.99 Å². The van der Waals surface area contributed by atoms with Gasteiger partial charge in [-0.2, -0.15) is 0 Å². The zero-order valence-electron chi connectivity index (χ0n) is 11.1. The molecule has 6 nitrogen and oxygen atoms in total. The van der Waals surface area contributed by atoms with Crippen LogP contribution in [0.25, 0.3) is 0 Å². The molecule has 3 amide bonds. The predicted octanol–water partition coefficient (Wildman–Crippen LogP) is 0.577. The van der Waals surface area contributed by atoms with Crippen LogP contribution >= 0.6 is 11.8 Å². The van der Waals surface area contributed by atoms with Crippen molar-refractivity contribution in [3.63, 3.8) is 0 Å². The van der Waals surface area contributed by atoms with Crippen molar-refractivity contribution in [1.29, 1.82) is 0 Å². The highest BCUT2D eigenvalue weighted by Gasteiger charge is 2.55. The van der Waals surface area contributed by atoms with Crippen LogP contribution in [0.2, 0.25) is 0 Å². The quantitative estimate of drug-likeness (QED) is 0.711. The summed E-state index contributed by atoms with van der Waals surface area (Å²) in [6.07, 6.45) is 1.80. The maximum absolute atomic E-state index is 12.5. The highest BCUT2D eigenvalue weighted by Crippen LogP contribution is 2.26. The van der Waals surface area contributed by atoms with E-state index in [9.17, 15) is 9.59 Å². The van der Waals surface area contributed by atoms with E-state index in [0.717, 1.165) is 30.3 Å². The average molecular weight is 281 g/mol. The third-order valence-corrected chi connectivity index (χ3v) is 4.64. The Morgan fingerprint density at radius 1 is 1.47 bits per heavy atom. The van der Waals surface area contributed by atoms with Gasteiger partial charge in [0, 0.05) is 19.3 Å². The SMILES string of the molecule is CCCCN1C(=O)C2C(=NC3=[N+]2CCS3)N(C)C1=O. The van der Waals surface area contributed by atoms with E-state index in [0.29, 0.717) is 12.4 Å². The lowest BCUT2D eigenvalue weighted by atomic mass is 10.1. The molecule has 1 atom stereocenters. The number of carbonyl (C=O) groups excluding carboxylic acids is 2. The van der Waals surface area contributed by atoms with Gasteiger partial charge in [-0.25, -0.2) is 9.37 Å². The Bertz CT molecular complexity index is 514. The van der Waals surface area contributed by atoms with Gasteiger partial charge in [0.15, 0.2) is 0 Å². The number of amides is 3. The summed E-state index contributed by atoms with van der Waals surface area (Å²) in [4.78, 5) is 32.1. The average Bonchev–Trinajstić information content (AvgIpc) is 2.96. The van der Waals surface area contributed by atoms with Gasteiger partial charge in [0.05, 0.1) is 6.54 Å². The maximum Gasteiger partial charge on any atom is 0.358 e. The van der Waals surface area contributed by atoms with E-state index in [1.807, 2.05) is 11.5 Å². The molecule has 3 aliphatic heterocycles. The van der Waals surface area contributed by atoms with Crippen molar-refractivity contribution in [3.05, 3.63) is 0 Å². The first kappa shape index (κ1) is 12.7. The lowest BCUT2D eigenvalue weighted by Crippen LogP contribution is -2.62. The Labute approximate surface area is 116 Å². The molecule has 0 N–H and O–H groups in total. The molecule has 7 heteroatoms. The van der Waals surface area contributed by atoms with Crippen LogP contribution in [0.3, 0.4) is 0 Å². The molecule has 0 saturated carbocycles. The van der Waals surface area contributed by atoms with E-state index < -0.39 is 0 Å². The molecule has 102 valence electrons. The summed E-state index contributed by atoms with van der Waals surface area (Å²) in [6.45, 7) is 3.37. The van der Waals surface area contributed by atoms with Crippen molar-refractivity contribution in [2.75, 3.05) is 25.9 Å². The fourth-order valence-electron chi connectivity index (χ4n) is 2.59. The van der Waals surface area contributed by atoms with Gasteiger partial charge in [-0.15, -0.1) is 0 Å². The van der Waals surface area contributed by atoms with Gasteiger partial charge >= 0.3 is 11.2 Å². The molecule has 0 aromatic carbocycles. The Hall–Kier alpha value is -1.37. The summed E-state index contributed by atoms with van der Waals surface area (Å²) >= 11 is 1.65. The van der Waals surface area contributed by atoms with E-state index in [-0.39, 0.29) is 18.0 Å². The molecule has 3 rings (SSSR count). The number of fused-ring (bicyclic) bond motifs is 2. The summed E-state index contributed by atoms with van der Waals surface area (Å²) in [7, 11) is 1.70. The van der Waals surface area contributed by atoms with Gasteiger partial charge in [0.2, 0.25) is 0 Å². The third kappa shape index (κ3) is 1.79. The lowest BCUT2D eigenvalue weighted by Gasteiger charge is -2.32. The fourth-order valence-corrected chi connectivity index (χ4v) is 3.58. The topological polar surface area (TPSA) is 56.0 Å². The van der Waals surface area contributed by atoms with Crippen molar-refractivity contribution in [1.82, 2.24) is 9.80 Å². The number of hydrogen-bond acceptors (Lipinski definition) is 4. The summed E-state index contributed by atoms with van der Waals surface area (Å²) < 4.78 is 2.02. The Morgan fingerprint density at radius 3 is 3.00 bits per heavy atom. The van der Waals surface area contributed by atoms with Gasteiger partial charge in [-0.1, -0.05) is 13.3 Å². The molecule has 19 heavy (non-hydrogen) atoms. The van der Waals surface area contributed by atoms with Gasteiger partial charge < -0.3 is 0 Å². The number of rotatable bonds is 3. The van der Waals surface area contributed by atoms with Crippen LogP contribution in [-0.2, 0) is 4.79 Å². The summed E-state index contributed by atoms with van der Waals surface area (Å²) in [5.74, 6) is 1.43. The molecular formula is C12H17N4O2S+. The molecule has 1 unspecified atom stereocenters. The van der Waals surface area contributed by atoms with Gasteiger partial charge in [-0.05, 0) is 23.2 Å². The largest absolute Gasteiger partial charge is 0.358 e. The lowest BCUT2D eigenvalue weighted by molar-refractivity contribution is -0.525. The molecular weight excluding hydrogens is 264 g/mol. The Morgan fingerprint density at radius 2 is 2.26 bits per heavy atom. The van der Waals surface area contributed by atoms with Gasteiger partial charge in [0.25, 0.3) is 17.8 Å². The van der Waals surface area contributed by atoms with E-state index in [1.54, 1.807) is 18.8 Å². The maximum atomic E-state index is 12.5. The minimum atomic E-state index is -0.385. The van der Waals surface area contributed by atoms with E-state index in [4.69, 9.17) is 0 Å². The molecule has 3 aliphatic rings.